The molecule has 0 radical (unpaired) electrons. The van der Waals surface area contributed by atoms with Crippen molar-refractivity contribution in [2.24, 2.45) is 5.73 Å². The van der Waals surface area contributed by atoms with E-state index < -0.39 is 29.9 Å². The summed E-state index contributed by atoms with van der Waals surface area (Å²) >= 11 is 0. The van der Waals surface area contributed by atoms with E-state index in [1.807, 2.05) is 0 Å². The normalized spacial score (nSPS) is 11.1. The summed E-state index contributed by atoms with van der Waals surface area (Å²) in [7, 11) is 0. The van der Waals surface area contributed by atoms with Crippen molar-refractivity contribution in [1.29, 1.82) is 0 Å². The average Bonchev–Trinajstić information content (AvgIpc) is 2.80. The van der Waals surface area contributed by atoms with Crippen molar-refractivity contribution in [2.75, 3.05) is 0 Å². The molecule has 0 saturated carbocycles. The van der Waals surface area contributed by atoms with Crippen LogP contribution in [0.2, 0.25) is 0 Å². The SMILES string of the molecule is CCCCCCCCCCC(=O)OC(=O)CC[C@H](N)C(=O)OC(=O)CCCCCCCCCC.[H-].[H-].[K+].[K+]. The number of nitrogens with two attached hydrogens (primary N) is 1. The van der Waals surface area contributed by atoms with Crippen molar-refractivity contribution in [1.82, 2.24) is 0 Å². The first-order chi connectivity index (χ1) is 16.4. The molecule has 0 aliphatic heterocycles. The second-order valence-electron chi connectivity index (χ2n) is 9.23. The first kappa shape index (κ1) is 42.0. The minimum absolute atomic E-state index is 0. The van der Waals surface area contributed by atoms with Gasteiger partial charge in [-0.05, 0) is 19.3 Å². The molecular weight excluding hydrogens is 512 g/mol. The van der Waals surface area contributed by atoms with Crippen LogP contribution < -0.4 is 109 Å². The molecule has 2 N–H and O–H groups in total. The molecule has 0 bridgehead atoms. The van der Waals surface area contributed by atoms with Gasteiger partial charge in [-0.3, -0.25) is 14.4 Å². The predicted molar refractivity (Wildman–Crippen MR) is 136 cm³/mol. The number of rotatable bonds is 22. The third-order valence-electron chi connectivity index (χ3n) is 5.87. The zero-order valence-electron chi connectivity index (χ0n) is 25.7. The van der Waals surface area contributed by atoms with Crippen molar-refractivity contribution in [3.63, 3.8) is 0 Å². The van der Waals surface area contributed by atoms with Gasteiger partial charge in [0, 0.05) is 19.3 Å². The van der Waals surface area contributed by atoms with E-state index in [1.165, 1.54) is 57.8 Å². The molecule has 0 amide bonds. The Labute approximate surface area is 307 Å². The van der Waals surface area contributed by atoms with Crippen molar-refractivity contribution < 1.29 is 134 Å². The van der Waals surface area contributed by atoms with Gasteiger partial charge >= 0.3 is 127 Å². The van der Waals surface area contributed by atoms with Crippen molar-refractivity contribution >= 4 is 23.9 Å². The monoisotopic (exact) mass is 563 g/mol. The molecule has 0 rings (SSSR count). The van der Waals surface area contributed by atoms with Crippen LogP contribution in [0.4, 0.5) is 0 Å². The van der Waals surface area contributed by atoms with Gasteiger partial charge in [-0.1, -0.05) is 104 Å². The van der Waals surface area contributed by atoms with E-state index in [0.717, 1.165) is 32.1 Å². The molecule has 9 heteroatoms. The van der Waals surface area contributed by atoms with E-state index in [-0.39, 0.29) is 131 Å². The number of hydrogen-bond donors (Lipinski definition) is 1. The first-order valence-corrected chi connectivity index (χ1v) is 13.6. The molecule has 0 aliphatic carbocycles. The van der Waals surface area contributed by atoms with Gasteiger partial charge in [-0.25, -0.2) is 4.79 Å². The van der Waals surface area contributed by atoms with Gasteiger partial charge in [-0.2, -0.15) is 0 Å². The quantitative estimate of drug-likeness (QED) is 0.0885. The van der Waals surface area contributed by atoms with Crippen LogP contribution in [0.15, 0.2) is 0 Å². The largest absolute Gasteiger partial charge is 1.00 e. The molecule has 0 fully saturated rings. The molecule has 7 nitrogen and oxygen atoms in total. The van der Waals surface area contributed by atoms with Gasteiger partial charge in [0.2, 0.25) is 0 Å². The number of hydrogen-bond acceptors (Lipinski definition) is 7. The summed E-state index contributed by atoms with van der Waals surface area (Å²) in [5.74, 6) is -2.69. The van der Waals surface area contributed by atoms with E-state index in [4.69, 9.17) is 15.2 Å². The van der Waals surface area contributed by atoms with Gasteiger partial charge in [0.15, 0.2) is 0 Å². The number of unbranched alkanes of at least 4 members (excludes halogenated alkanes) is 14. The molecular formula is C27H51K2NO6. The molecule has 1 atom stereocenters. The summed E-state index contributed by atoms with van der Waals surface area (Å²) in [6.07, 6.45) is 17.9. The standard InChI is InChI=1S/C27H49NO6.2K.2H/c1-3-5-7-9-11-13-15-17-19-24(29)33-26(31)22-21-23(28)27(32)34-25(30)20-18-16-14-12-10-8-6-4-2;;;;/h23H,3-22,28H2,1-2H3;;;;/q;2*+1;2*-1/t23-;;;;/m0..../s1. The van der Waals surface area contributed by atoms with Crippen molar-refractivity contribution in [3.05, 3.63) is 0 Å². The zero-order valence-corrected chi connectivity index (χ0v) is 30.0. The van der Waals surface area contributed by atoms with Gasteiger partial charge in [0.1, 0.15) is 6.04 Å². The first-order valence-electron chi connectivity index (χ1n) is 13.6. The third-order valence-corrected chi connectivity index (χ3v) is 5.87. The molecule has 0 unspecified atom stereocenters. The van der Waals surface area contributed by atoms with Crippen LogP contribution in [0.5, 0.6) is 0 Å². The van der Waals surface area contributed by atoms with E-state index in [2.05, 4.69) is 13.8 Å². The van der Waals surface area contributed by atoms with Crippen LogP contribution in [-0.4, -0.2) is 29.9 Å². The van der Waals surface area contributed by atoms with E-state index in [1.54, 1.807) is 0 Å². The summed E-state index contributed by atoms with van der Waals surface area (Å²) in [5, 5.41) is 0. The molecule has 0 heterocycles. The van der Waals surface area contributed by atoms with Gasteiger partial charge < -0.3 is 18.1 Å². The Morgan fingerprint density at radius 1 is 0.556 bits per heavy atom. The average molecular weight is 564 g/mol. The molecule has 0 saturated heterocycles. The van der Waals surface area contributed by atoms with Crippen LogP contribution >= 0.6 is 0 Å². The minimum atomic E-state index is -1.10. The fourth-order valence-electron chi connectivity index (χ4n) is 3.67. The Morgan fingerprint density at radius 2 is 0.889 bits per heavy atom. The Morgan fingerprint density at radius 3 is 1.31 bits per heavy atom. The summed E-state index contributed by atoms with van der Waals surface area (Å²) in [6, 6.07) is -1.10. The summed E-state index contributed by atoms with van der Waals surface area (Å²) in [4.78, 5) is 47.3. The predicted octanol–water partition coefficient (Wildman–Crippen LogP) is 0.528. The molecule has 0 aromatic carbocycles. The fourth-order valence-corrected chi connectivity index (χ4v) is 3.67. The Hall–Kier alpha value is 1.51. The molecule has 202 valence electrons. The van der Waals surface area contributed by atoms with Crippen LogP contribution in [0, 0.1) is 0 Å². The van der Waals surface area contributed by atoms with Crippen LogP contribution in [0.25, 0.3) is 0 Å². The topological polar surface area (TPSA) is 113 Å². The maximum absolute atomic E-state index is 11.9. The van der Waals surface area contributed by atoms with E-state index in [0.29, 0.717) is 12.8 Å². The van der Waals surface area contributed by atoms with Crippen molar-refractivity contribution in [3.8, 4) is 0 Å². The molecule has 0 aliphatic rings. The van der Waals surface area contributed by atoms with Gasteiger partial charge in [-0.15, -0.1) is 0 Å². The summed E-state index contributed by atoms with van der Waals surface area (Å²) in [5.41, 5.74) is 5.72. The molecule has 36 heavy (non-hydrogen) atoms. The van der Waals surface area contributed by atoms with Gasteiger partial charge in [0.25, 0.3) is 0 Å². The second-order valence-corrected chi connectivity index (χ2v) is 9.23. The second kappa shape index (κ2) is 31.0. The molecule has 0 aromatic rings. The Bertz CT molecular complexity index is 586. The summed E-state index contributed by atoms with van der Waals surface area (Å²) in [6.45, 7) is 4.37. The fraction of sp³-hybridized carbons (Fsp3) is 0.852. The van der Waals surface area contributed by atoms with E-state index in [9.17, 15) is 19.2 Å². The maximum atomic E-state index is 11.9. The number of ether oxygens (including phenoxy) is 2. The summed E-state index contributed by atoms with van der Waals surface area (Å²) < 4.78 is 9.55. The number of carbonyl (C=O) groups excluding carboxylic acids is 4. The Kier molecular flexibility index (Phi) is 36.2. The molecule has 0 spiro atoms. The van der Waals surface area contributed by atoms with Crippen LogP contribution in [0.1, 0.15) is 145 Å². The van der Waals surface area contributed by atoms with Crippen molar-refractivity contribution in [2.45, 2.75) is 148 Å². The third kappa shape index (κ3) is 28.5. The zero-order chi connectivity index (χ0) is 25.4. The van der Waals surface area contributed by atoms with Gasteiger partial charge in [0.05, 0.1) is 0 Å². The van der Waals surface area contributed by atoms with Crippen LogP contribution in [-0.2, 0) is 28.7 Å². The smallest absolute Gasteiger partial charge is 1.00 e. The molecule has 0 aromatic heterocycles. The maximum Gasteiger partial charge on any atom is 1.00 e. The van der Waals surface area contributed by atoms with Crippen LogP contribution in [0.3, 0.4) is 0 Å². The van der Waals surface area contributed by atoms with E-state index >= 15 is 0 Å². The number of carbonyl (C=O) groups is 4. The minimum Gasteiger partial charge on any atom is -1.00 e. The Balaban J connectivity index is -0.000000907. The number of esters is 4.